The smallest absolute Gasteiger partial charge is 0.224 e. The van der Waals surface area contributed by atoms with Crippen molar-refractivity contribution in [3.05, 3.63) is 29.8 Å². The highest BCUT2D eigenvalue weighted by atomic mass is 16.5. The number of ether oxygens (including phenoxy) is 1. The molecule has 0 atom stereocenters. The largest absolute Gasteiger partial charge is 0.399 e. The summed E-state index contributed by atoms with van der Waals surface area (Å²) in [6, 6.07) is 7.67. The number of benzene rings is 1. The van der Waals surface area contributed by atoms with E-state index >= 15 is 0 Å². The molecule has 0 aromatic heterocycles. The summed E-state index contributed by atoms with van der Waals surface area (Å²) in [5.41, 5.74) is 7.29. The Kier molecular flexibility index (Phi) is 3.64. The maximum atomic E-state index is 11.7. The number of nitrogen functional groups attached to an aromatic ring is 1. The second-order valence-corrected chi connectivity index (χ2v) is 4.51. The summed E-state index contributed by atoms with van der Waals surface area (Å²) in [6.45, 7) is 0. The number of carbonyl (C=O) groups excluding carboxylic acids is 1. The van der Waals surface area contributed by atoms with Crippen molar-refractivity contribution >= 4 is 11.6 Å². The first kappa shape index (κ1) is 11.9. The van der Waals surface area contributed by atoms with Crippen molar-refractivity contribution < 1.29 is 9.53 Å². The Hall–Kier alpha value is -1.55. The average molecular weight is 234 g/mol. The number of hydrogen-bond donors (Lipinski definition) is 2. The van der Waals surface area contributed by atoms with Gasteiger partial charge in [-0.3, -0.25) is 4.79 Å². The summed E-state index contributed by atoms with van der Waals surface area (Å²) in [6.07, 6.45) is 2.57. The maximum absolute atomic E-state index is 11.7. The molecule has 1 saturated carbocycles. The first-order valence-corrected chi connectivity index (χ1v) is 5.84. The molecule has 0 radical (unpaired) electrons. The van der Waals surface area contributed by atoms with Crippen molar-refractivity contribution in [2.24, 2.45) is 0 Å². The third-order valence-electron chi connectivity index (χ3n) is 3.14. The highest BCUT2D eigenvalue weighted by Gasteiger charge is 2.29. The van der Waals surface area contributed by atoms with Crippen LogP contribution in [0.3, 0.4) is 0 Å². The third kappa shape index (κ3) is 3.20. The predicted octanol–water partition coefficient (Wildman–Crippen LogP) is 1.10. The van der Waals surface area contributed by atoms with Crippen molar-refractivity contribution in [2.45, 2.75) is 31.4 Å². The third-order valence-corrected chi connectivity index (χ3v) is 3.14. The highest BCUT2D eigenvalue weighted by molar-refractivity contribution is 5.79. The molecule has 1 aliphatic carbocycles. The van der Waals surface area contributed by atoms with E-state index in [4.69, 9.17) is 10.5 Å². The number of hydrogen-bond acceptors (Lipinski definition) is 3. The van der Waals surface area contributed by atoms with E-state index in [1.807, 2.05) is 24.3 Å². The lowest BCUT2D eigenvalue weighted by Gasteiger charge is -2.34. The zero-order chi connectivity index (χ0) is 12.3. The van der Waals surface area contributed by atoms with Crippen LogP contribution in [0.2, 0.25) is 0 Å². The van der Waals surface area contributed by atoms with Crippen LogP contribution in [0.5, 0.6) is 0 Å². The van der Waals surface area contributed by atoms with Gasteiger partial charge in [-0.15, -0.1) is 0 Å². The number of nitrogens with two attached hydrogens (primary N) is 1. The molecule has 1 amide bonds. The summed E-state index contributed by atoms with van der Waals surface area (Å²) >= 11 is 0. The van der Waals surface area contributed by atoms with Gasteiger partial charge in [0.2, 0.25) is 5.91 Å². The van der Waals surface area contributed by atoms with Crippen LogP contribution in [0.1, 0.15) is 18.4 Å². The molecule has 17 heavy (non-hydrogen) atoms. The molecule has 2 rings (SSSR count). The minimum atomic E-state index is 0.0642. The monoisotopic (exact) mass is 234 g/mol. The Morgan fingerprint density at radius 2 is 2.06 bits per heavy atom. The second-order valence-electron chi connectivity index (χ2n) is 4.51. The van der Waals surface area contributed by atoms with E-state index in [1.54, 1.807) is 7.11 Å². The zero-order valence-electron chi connectivity index (χ0n) is 9.98. The van der Waals surface area contributed by atoms with Gasteiger partial charge in [0.15, 0.2) is 0 Å². The number of amides is 1. The van der Waals surface area contributed by atoms with Gasteiger partial charge in [-0.25, -0.2) is 0 Å². The summed E-state index contributed by atoms with van der Waals surface area (Å²) in [7, 11) is 1.71. The Bertz CT molecular complexity index is 383. The quantitative estimate of drug-likeness (QED) is 0.767. The summed E-state index contributed by atoms with van der Waals surface area (Å²) in [4.78, 5) is 11.7. The lowest BCUT2D eigenvalue weighted by molar-refractivity contribution is -0.122. The molecule has 0 bridgehead atoms. The first-order valence-electron chi connectivity index (χ1n) is 5.84. The molecule has 4 nitrogen and oxygen atoms in total. The summed E-state index contributed by atoms with van der Waals surface area (Å²) in [5, 5.41) is 2.99. The Morgan fingerprint density at radius 3 is 2.65 bits per heavy atom. The summed E-state index contributed by atoms with van der Waals surface area (Å²) in [5.74, 6) is 0.0642. The number of rotatable bonds is 4. The fourth-order valence-electron chi connectivity index (χ4n) is 1.98. The second kappa shape index (κ2) is 5.19. The fraction of sp³-hybridized carbons (Fsp3) is 0.462. The highest BCUT2D eigenvalue weighted by Crippen LogP contribution is 2.22. The molecule has 0 unspecified atom stereocenters. The van der Waals surface area contributed by atoms with Crippen LogP contribution in [-0.2, 0) is 16.0 Å². The van der Waals surface area contributed by atoms with Gasteiger partial charge < -0.3 is 15.8 Å². The van der Waals surface area contributed by atoms with E-state index in [0.29, 0.717) is 12.5 Å². The van der Waals surface area contributed by atoms with Gasteiger partial charge >= 0.3 is 0 Å². The van der Waals surface area contributed by atoms with Crippen molar-refractivity contribution in [3.63, 3.8) is 0 Å². The number of nitrogens with one attached hydrogen (secondary N) is 1. The molecule has 3 N–H and O–H groups in total. The number of carbonyl (C=O) groups is 1. The van der Waals surface area contributed by atoms with Gasteiger partial charge in [0.25, 0.3) is 0 Å². The van der Waals surface area contributed by atoms with Gasteiger partial charge in [-0.05, 0) is 30.5 Å². The molecule has 0 spiro atoms. The molecule has 92 valence electrons. The number of anilines is 1. The van der Waals surface area contributed by atoms with Gasteiger partial charge in [0.1, 0.15) is 0 Å². The molecular formula is C13H18N2O2. The van der Waals surface area contributed by atoms with E-state index < -0.39 is 0 Å². The van der Waals surface area contributed by atoms with Crippen molar-refractivity contribution in [1.82, 2.24) is 5.32 Å². The molecule has 4 heteroatoms. The van der Waals surface area contributed by atoms with Crippen molar-refractivity contribution in [1.29, 1.82) is 0 Å². The molecule has 1 fully saturated rings. The van der Waals surface area contributed by atoms with Gasteiger partial charge in [-0.1, -0.05) is 12.1 Å². The molecule has 0 saturated heterocycles. The van der Waals surface area contributed by atoms with Crippen LogP contribution in [0.4, 0.5) is 5.69 Å². The Balaban J connectivity index is 1.76. The van der Waals surface area contributed by atoms with Gasteiger partial charge in [-0.2, -0.15) is 0 Å². The van der Waals surface area contributed by atoms with E-state index in [9.17, 15) is 4.79 Å². The average Bonchev–Trinajstić information content (AvgIpc) is 2.26. The molecule has 0 aliphatic heterocycles. The normalized spacial score (nSPS) is 22.9. The van der Waals surface area contributed by atoms with E-state index in [2.05, 4.69) is 5.32 Å². The number of methoxy groups -OCH3 is 1. The minimum Gasteiger partial charge on any atom is -0.399 e. The molecule has 0 heterocycles. The molecule has 1 aromatic rings. The zero-order valence-corrected chi connectivity index (χ0v) is 9.98. The van der Waals surface area contributed by atoms with Crippen molar-refractivity contribution in [2.75, 3.05) is 12.8 Å². The maximum Gasteiger partial charge on any atom is 0.224 e. The van der Waals surface area contributed by atoms with Crippen LogP contribution < -0.4 is 11.1 Å². The topological polar surface area (TPSA) is 64.3 Å². The summed E-state index contributed by atoms with van der Waals surface area (Å²) < 4.78 is 5.16. The Morgan fingerprint density at radius 1 is 1.41 bits per heavy atom. The SMILES string of the molecule is COC1CC(NC(=O)Cc2ccc(N)cc2)C1. The van der Waals surface area contributed by atoms with Crippen LogP contribution in [0, 0.1) is 0 Å². The van der Waals surface area contributed by atoms with E-state index in [-0.39, 0.29) is 11.9 Å². The van der Waals surface area contributed by atoms with E-state index in [0.717, 1.165) is 24.1 Å². The van der Waals surface area contributed by atoms with Crippen LogP contribution in [-0.4, -0.2) is 25.2 Å². The van der Waals surface area contributed by atoms with E-state index in [1.165, 1.54) is 0 Å². The lowest BCUT2D eigenvalue weighted by Crippen LogP contribution is -2.47. The van der Waals surface area contributed by atoms with Crippen molar-refractivity contribution in [3.8, 4) is 0 Å². The van der Waals surface area contributed by atoms with Gasteiger partial charge in [0, 0.05) is 18.8 Å². The standard InChI is InChI=1S/C13H18N2O2/c1-17-12-7-11(8-12)15-13(16)6-9-2-4-10(14)5-3-9/h2-5,11-12H,6-8,14H2,1H3,(H,15,16). The van der Waals surface area contributed by atoms with Crippen LogP contribution in [0.25, 0.3) is 0 Å². The van der Waals surface area contributed by atoms with Gasteiger partial charge in [0.05, 0.1) is 12.5 Å². The predicted molar refractivity (Wildman–Crippen MR) is 66.5 cm³/mol. The fourth-order valence-corrected chi connectivity index (χ4v) is 1.98. The molecule has 1 aliphatic rings. The Labute approximate surface area is 101 Å². The van der Waals surface area contributed by atoms with Crippen LogP contribution in [0.15, 0.2) is 24.3 Å². The minimum absolute atomic E-state index is 0.0642. The lowest BCUT2D eigenvalue weighted by atomic mass is 9.89. The van der Waals surface area contributed by atoms with Crippen LogP contribution >= 0.6 is 0 Å². The molecular weight excluding hydrogens is 216 g/mol. The first-order chi connectivity index (χ1) is 8.17. The molecule has 1 aromatic carbocycles.